The summed E-state index contributed by atoms with van der Waals surface area (Å²) in [6.07, 6.45) is 3.53. The first kappa shape index (κ1) is 26.2. The van der Waals surface area contributed by atoms with E-state index >= 15 is 0 Å². The molecule has 2 aromatic rings. The van der Waals surface area contributed by atoms with Crippen molar-refractivity contribution >= 4 is 20.0 Å². The van der Waals surface area contributed by atoms with E-state index < -0.39 is 7.82 Å². The Morgan fingerprint density at radius 1 is 0.724 bits per heavy atom. The lowest BCUT2D eigenvalue weighted by Crippen LogP contribution is -1.95. The molecule has 0 aromatic heterocycles. The van der Waals surface area contributed by atoms with Crippen molar-refractivity contribution in [2.45, 2.75) is 0 Å². The first-order valence-electron chi connectivity index (χ1n) is 7.72. The number of rotatable bonds is 8. The van der Waals surface area contributed by atoms with Crippen molar-refractivity contribution in [2.24, 2.45) is 0 Å². The van der Waals surface area contributed by atoms with Gasteiger partial charge in [0.2, 0.25) is 5.75 Å². The quantitative estimate of drug-likeness (QED) is 0.357. The number of phosphoric acid groups is 1. The average Bonchev–Trinajstić information content (AvgIpc) is 2.64. The molecule has 0 atom stereocenters. The van der Waals surface area contributed by atoms with Gasteiger partial charge in [-0.3, -0.25) is 9.79 Å². The SMILES string of the molecule is COc1ccc(/C=C\c2cc(OC)c(OC)c(OC)c2)cc1OP(=O)(O)O.N.N. The van der Waals surface area contributed by atoms with E-state index in [0.29, 0.717) is 22.8 Å². The standard InChI is InChI=1S/C18H21O8P.2H3N/c1-22-14-8-7-12(9-15(14)26-27(19,20)21)5-6-13-10-16(23-2)18(25-4)17(11-13)24-3;;/h5-11H,1-4H3,(H2,19,20,21);2*1H3/b6-5-;;. The number of phosphoric ester groups is 1. The topological polar surface area (TPSA) is 174 Å². The molecule has 2 rings (SSSR count). The molecule has 0 aliphatic rings. The highest BCUT2D eigenvalue weighted by atomic mass is 31.2. The molecule has 0 spiro atoms. The number of hydrogen-bond donors (Lipinski definition) is 4. The molecule has 0 aliphatic heterocycles. The van der Waals surface area contributed by atoms with Gasteiger partial charge in [0.15, 0.2) is 23.0 Å². The summed E-state index contributed by atoms with van der Waals surface area (Å²) in [6, 6.07) is 8.29. The van der Waals surface area contributed by atoms with Crippen LogP contribution >= 0.6 is 7.82 Å². The Kier molecular flexibility index (Phi) is 10.2. The van der Waals surface area contributed by atoms with Crippen LogP contribution in [-0.4, -0.2) is 38.2 Å². The summed E-state index contributed by atoms with van der Waals surface area (Å²) in [5, 5.41) is 0. The van der Waals surface area contributed by atoms with Crippen molar-refractivity contribution in [3.8, 4) is 28.7 Å². The second-order valence-corrected chi connectivity index (χ2v) is 6.45. The van der Waals surface area contributed by atoms with Crippen LogP contribution in [0, 0.1) is 0 Å². The summed E-state index contributed by atoms with van der Waals surface area (Å²) in [5.74, 6) is 1.66. The molecule has 0 saturated carbocycles. The van der Waals surface area contributed by atoms with Crippen molar-refractivity contribution in [3.05, 3.63) is 41.5 Å². The molecule has 0 amide bonds. The molecule has 29 heavy (non-hydrogen) atoms. The highest BCUT2D eigenvalue weighted by Gasteiger charge is 2.19. The Morgan fingerprint density at radius 3 is 1.66 bits per heavy atom. The highest BCUT2D eigenvalue weighted by Crippen LogP contribution is 2.42. The molecule has 0 unspecified atom stereocenters. The van der Waals surface area contributed by atoms with E-state index in [1.54, 1.807) is 36.4 Å². The van der Waals surface area contributed by atoms with Gasteiger partial charge >= 0.3 is 7.82 Å². The largest absolute Gasteiger partial charge is 0.524 e. The van der Waals surface area contributed by atoms with Gasteiger partial charge in [-0.25, -0.2) is 4.57 Å². The maximum Gasteiger partial charge on any atom is 0.524 e. The highest BCUT2D eigenvalue weighted by molar-refractivity contribution is 7.46. The maximum absolute atomic E-state index is 11.1. The number of ether oxygens (including phenoxy) is 4. The third-order valence-corrected chi connectivity index (χ3v) is 3.99. The van der Waals surface area contributed by atoms with Crippen LogP contribution in [0.4, 0.5) is 0 Å². The Bertz CT molecular complexity index is 857. The molecule has 8 N–H and O–H groups in total. The monoisotopic (exact) mass is 430 g/mol. The molecule has 0 aliphatic carbocycles. The molecule has 2 aromatic carbocycles. The minimum absolute atomic E-state index is 0. The van der Waals surface area contributed by atoms with Crippen LogP contribution in [0.25, 0.3) is 12.2 Å². The minimum atomic E-state index is -4.71. The fraction of sp³-hybridized carbons (Fsp3) is 0.222. The third-order valence-electron chi connectivity index (χ3n) is 3.56. The van der Waals surface area contributed by atoms with E-state index in [1.165, 1.54) is 34.5 Å². The minimum Gasteiger partial charge on any atom is -0.493 e. The molecule has 10 nitrogen and oxygen atoms in total. The van der Waals surface area contributed by atoms with Crippen molar-refractivity contribution < 1.29 is 37.8 Å². The van der Waals surface area contributed by atoms with Crippen LogP contribution in [0.2, 0.25) is 0 Å². The zero-order chi connectivity index (χ0) is 20.0. The van der Waals surface area contributed by atoms with Gasteiger partial charge in [0, 0.05) is 0 Å². The summed E-state index contributed by atoms with van der Waals surface area (Å²) >= 11 is 0. The molecular formula is C18H27N2O8P. The van der Waals surface area contributed by atoms with Crippen molar-refractivity contribution in [1.82, 2.24) is 12.3 Å². The van der Waals surface area contributed by atoms with E-state index in [4.69, 9.17) is 28.7 Å². The van der Waals surface area contributed by atoms with Gasteiger partial charge in [-0.2, -0.15) is 0 Å². The van der Waals surface area contributed by atoms with Gasteiger partial charge in [-0.1, -0.05) is 18.2 Å². The lowest BCUT2D eigenvalue weighted by molar-refractivity contribution is 0.276. The molecule has 0 heterocycles. The fourth-order valence-electron chi connectivity index (χ4n) is 2.39. The summed E-state index contributed by atoms with van der Waals surface area (Å²) in [4.78, 5) is 18.1. The Morgan fingerprint density at radius 2 is 1.21 bits per heavy atom. The summed E-state index contributed by atoms with van der Waals surface area (Å²) < 4.78 is 36.8. The van der Waals surface area contributed by atoms with Crippen LogP contribution in [0.15, 0.2) is 30.3 Å². The summed E-state index contributed by atoms with van der Waals surface area (Å²) in [6.45, 7) is 0. The Hall–Kier alpha value is -2.75. The molecule has 162 valence electrons. The smallest absolute Gasteiger partial charge is 0.493 e. The van der Waals surface area contributed by atoms with Crippen LogP contribution in [0.5, 0.6) is 28.7 Å². The third kappa shape index (κ3) is 6.97. The van der Waals surface area contributed by atoms with E-state index in [9.17, 15) is 4.57 Å². The van der Waals surface area contributed by atoms with Gasteiger partial charge in [0.25, 0.3) is 0 Å². The molecular weight excluding hydrogens is 403 g/mol. The normalized spacial score (nSPS) is 10.6. The van der Waals surface area contributed by atoms with Crippen LogP contribution in [-0.2, 0) is 4.57 Å². The van der Waals surface area contributed by atoms with Crippen LogP contribution in [0.3, 0.4) is 0 Å². The predicted molar refractivity (Wildman–Crippen MR) is 111 cm³/mol. The van der Waals surface area contributed by atoms with Crippen molar-refractivity contribution in [1.29, 1.82) is 0 Å². The molecule has 0 radical (unpaired) electrons. The Balaban J connectivity index is 0.00000392. The van der Waals surface area contributed by atoms with Crippen molar-refractivity contribution in [3.63, 3.8) is 0 Å². The Labute approximate surface area is 169 Å². The zero-order valence-corrected chi connectivity index (χ0v) is 17.6. The lowest BCUT2D eigenvalue weighted by atomic mass is 10.1. The second-order valence-electron chi connectivity index (χ2n) is 5.28. The number of benzene rings is 2. The predicted octanol–water partition coefficient (Wildman–Crippen LogP) is 3.69. The van der Waals surface area contributed by atoms with E-state index in [0.717, 1.165) is 5.56 Å². The molecule has 0 fully saturated rings. The summed E-state index contributed by atoms with van der Waals surface area (Å²) in [7, 11) is 1.26. The number of methoxy groups -OCH3 is 4. The van der Waals surface area contributed by atoms with Crippen LogP contribution in [0.1, 0.15) is 11.1 Å². The van der Waals surface area contributed by atoms with Gasteiger partial charge in [0.05, 0.1) is 28.4 Å². The van der Waals surface area contributed by atoms with Gasteiger partial charge in [-0.15, -0.1) is 0 Å². The molecule has 11 heteroatoms. The first-order chi connectivity index (χ1) is 12.8. The van der Waals surface area contributed by atoms with Gasteiger partial charge in [0.1, 0.15) is 0 Å². The van der Waals surface area contributed by atoms with E-state index in [-0.39, 0.29) is 23.8 Å². The van der Waals surface area contributed by atoms with Gasteiger partial charge in [-0.05, 0) is 35.4 Å². The summed E-state index contributed by atoms with van der Waals surface area (Å²) in [5.41, 5.74) is 1.42. The van der Waals surface area contributed by atoms with Crippen molar-refractivity contribution in [2.75, 3.05) is 28.4 Å². The maximum atomic E-state index is 11.1. The molecule has 0 bridgehead atoms. The number of hydrogen-bond acceptors (Lipinski definition) is 8. The molecule has 0 saturated heterocycles. The zero-order valence-electron chi connectivity index (χ0n) is 16.7. The first-order valence-corrected chi connectivity index (χ1v) is 9.25. The van der Waals surface area contributed by atoms with E-state index in [2.05, 4.69) is 4.52 Å². The van der Waals surface area contributed by atoms with E-state index in [1.807, 2.05) is 0 Å². The average molecular weight is 430 g/mol. The van der Waals surface area contributed by atoms with Gasteiger partial charge < -0.3 is 35.8 Å². The van der Waals surface area contributed by atoms with Crippen LogP contribution < -0.4 is 35.8 Å². The fourth-order valence-corrected chi connectivity index (χ4v) is 2.79. The second kappa shape index (κ2) is 11.3. The lowest BCUT2D eigenvalue weighted by Gasteiger charge is -2.13.